The third-order valence-corrected chi connectivity index (χ3v) is 5.72. The summed E-state index contributed by atoms with van der Waals surface area (Å²) in [5.74, 6) is -0.680. The predicted molar refractivity (Wildman–Crippen MR) is 91.3 cm³/mol. The number of amides is 1. The first-order valence-electron chi connectivity index (χ1n) is 8.54. The molecule has 1 amide bonds. The lowest BCUT2D eigenvalue weighted by Gasteiger charge is -2.43. The number of ether oxygens (including phenoxy) is 2. The van der Waals surface area contributed by atoms with Gasteiger partial charge in [0.1, 0.15) is 5.82 Å². The maximum atomic E-state index is 13.3. The van der Waals surface area contributed by atoms with Gasteiger partial charge in [-0.3, -0.25) is 4.79 Å². The zero-order valence-electron chi connectivity index (χ0n) is 14.2. The number of carbonyl (C=O) groups excluding carboxylic acids is 1. The zero-order chi connectivity index (χ0) is 18.0. The zero-order valence-corrected chi connectivity index (χ0v) is 15.0. The van der Waals surface area contributed by atoms with E-state index in [0.29, 0.717) is 18.5 Å². The van der Waals surface area contributed by atoms with Crippen LogP contribution < -0.4 is 0 Å². The molecule has 0 bridgehead atoms. The summed E-state index contributed by atoms with van der Waals surface area (Å²) < 4.78 is 24.8. The standard InChI is InChI=1S/C18H23ClFNO4/c1-24-18-5-4-13(25-9-8-22)11-16(18)21(7-6-18)17(23)14-3-2-12(20)10-15(14)19/h2-3,10,13,16,22H,4-9,11H2,1H3/t13-,16-,18+/m0/s1. The van der Waals surface area contributed by atoms with Gasteiger partial charge in [-0.25, -0.2) is 4.39 Å². The number of nitrogens with zero attached hydrogens (tertiary/aromatic N) is 1. The lowest BCUT2D eigenvalue weighted by atomic mass is 9.79. The summed E-state index contributed by atoms with van der Waals surface area (Å²) >= 11 is 6.07. The van der Waals surface area contributed by atoms with Crippen LogP contribution in [0.15, 0.2) is 18.2 Å². The summed E-state index contributed by atoms with van der Waals surface area (Å²) in [7, 11) is 1.68. The van der Waals surface area contributed by atoms with Gasteiger partial charge in [0.2, 0.25) is 0 Å². The molecule has 7 heteroatoms. The molecule has 0 unspecified atom stereocenters. The monoisotopic (exact) mass is 371 g/mol. The van der Waals surface area contributed by atoms with E-state index in [4.69, 9.17) is 26.2 Å². The number of rotatable bonds is 5. The lowest BCUT2D eigenvalue weighted by Crippen LogP contribution is -2.53. The Morgan fingerprint density at radius 1 is 1.48 bits per heavy atom. The summed E-state index contributed by atoms with van der Waals surface area (Å²) in [6.45, 7) is 0.831. The highest BCUT2D eigenvalue weighted by Gasteiger charge is 2.52. The van der Waals surface area contributed by atoms with Gasteiger partial charge < -0.3 is 19.5 Å². The summed E-state index contributed by atoms with van der Waals surface area (Å²) in [5.41, 5.74) is -0.0744. The number of methoxy groups -OCH3 is 1. The van der Waals surface area contributed by atoms with E-state index in [9.17, 15) is 9.18 Å². The second kappa shape index (κ2) is 7.58. The maximum absolute atomic E-state index is 13.3. The summed E-state index contributed by atoms with van der Waals surface area (Å²) in [6.07, 6.45) is 3.02. The van der Waals surface area contributed by atoms with Crippen molar-refractivity contribution in [2.24, 2.45) is 0 Å². The van der Waals surface area contributed by atoms with Crippen molar-refractivity contribution < 1.29 is 23.8 Å². The van der Waals surface area contributed by atoms with Gasteiger partial charge in [0.25, 0.3) is 5.91 Å². The van der Waals surface area contributed by atoms with Crippen molar-refractivity contribution in [3.05, 3.63) is 34.6 Å². The van der Waals surface area contributed by atoms with Crippen LogP contribution in [0.4, 0.5) is 4.39 Å². The number of likely N-dealkylation sites (tertiary alicyclic amines) is 1. The van der Waals surface area contributed by atoms with Crippen LogP contribution >= 0.6 is 11.6 Å². The molecule has 1 aliphatic heterocycles. The van der Waals surface area contributed by atoms with Crippen LogP contribution in [-0.2, 0) is 9.47 Å². The average Bonchev–Trinajstić information content (AvgIpc) is 2.98. The molecule has 1 saturated heterocycles. The van der Waals surface area contributed by atoms with E-state index in [-0.39, 0.29) is 41.9 Å². The molecule has 138 valence electrons. The summed E-state index contributed by atoms with van der Waals surface area (Å²) in [6, 6.07) is 3.70. The highest BCUT2D eigenvalue weighted by molar-refractivity contribution is 6.33. The highest BCUT2D eigenvalue weighted by Crippen LogP contribution is 2.44. The highest BCUT2D eigenvalue weighted by atomic mass is 35.5. The topological polar surface area (TPSA) is 59.0 Å². The van der Waals surface area contributed by atoms with Gasteiger partial charge in [-0.2, -0.15) is 0 Å². The molecular formula is C18H23ClFNO4. The number of halogens is 2. The Kier molecular flexibility index (Phi) is 5.63. The average molecular weight is 372 g/mol. The van der Waals surface area contributed by atoms with Gasteiger partial charge in [0, 0.05) is 13.7 Å². The second-order valence-corrected chi connectivity index (χ2v) is 7.06. The van der Waals surface area contributed by atoms with Crippen LogP contribution in [0.25, 0.3) is 0 Å². The molecule has 1 heterocycles. The molecule has 2 aliphatic rings. The van der Waals surface area contributed by atoms with Crippen molar-refractivity contribution in [1.29, 1.82) is 0 Å². The van der Waals surface area contributed by atoms with E-state index in [1.54, 1.807) is 12.0 Å². The van der Waals surface area contributed by atoms with E-state index in [0.717, 1.165) is 25.3 Å². The Morgan fingerprint density at radius 2 is 2.28 bits per heavy atom. The second-order valence-electron chi connectivity index (χ2n) is 6.65. The third kappa shape index (κ3) is 3.53. The van der Waals surface area contributed by atoms with Crippen LogP contribution in [0, 0.1) is 5.82 Å². The van der Waals surface area contributed by atoms with Gasteiger partial charge >= 0.3 is 0 Å². The molecule has 0 radical (unpaired) electrons. The number of fused-ring (bicyclic) bond motifs is 1. The Bertz CT molecular complexity index is 644. The number of hydrogen-bond donors (Lipinski definition) is 1. The van der Waals surface area contributed by atoms with Crippen LogP contribution in [-0.4, -0.2) is 60.5 Å². The Hall–Kier alpha value is -1.21. The summed E-state index contributed by atoms with van der Waals surface area (Å²) in [4.78, 5) is 14.8. The largest absolute Gasteiger partial charge is 0.394 e. The van der Waals surface area contributed by atoms with Gasteiger partial charge in [-0.15, -0.1) is 0 Å². The molecule has 1 N–H and O–H groups in total. The predicted octanol–water partition coefficient (Wildman–Crippen LogP) is 2.64. The minimum atomic E-state index is -0.468. The van der Waals surface area contributed by atoms with E-state index < -0.39 is 5.82 Å². The fourth-order valence-corrected chi connectivity index (χ4v) is 4.34. The Balaban J connectivity index is 1.82. The molecule has 3 atom stereocenters. The molecule has 1 saturated carbocycles. The fraction of sp³-hybridized carbons (Fsp3) is 0.611. The molecule has 25 heavy (non-hydrogen) atoms. The first-order valence-corrected chi connectivity index (χ1v) is 8.92. The third-order valence-electron chi connectivity index (χ3n) is 5.41. The van der Waals surface area contributed by atoms with E-state index in [1.165, 1.54) is 12.1 Å². The molecule has 1 aromatic rings. The normalized spacial score (nSPS) is 28.9. The Labute approximate surface area is 151 Å². The van der Waals surface area contributed by atoms with Crippen molar-refractivity contribution in [3.63, 3.8) is 0 Å². The number of aliphatic hydroxyl groups excluding tert-OH is 1. The van der Waals surface area contributed by atoms with Crippen LogP contribution in [0.1, 0.15) is 36.0 Å². The molecule has 1 aliphatic carbocycles. The SMILES string of the molecule is CO[C@@]12CC[C@H](OCCO)C[C@@H]1N(C(=O)c1ccc(F)cc1Cl)CC2. The van der Waals surface area contributed by atoms with E-state index >= 15 is 0 Å². The molecule has 0 spiro atoms. The van der Waals surface area contributed by atoms with E-state index in [2.05, 4.69) is 0 Å². The maximum Gasteiger partial charge on any atom is 0.255 e. The molecular weight excluding hydrogens is 349 g/mol. The lowest BCUT2D eigenvalue weighted by molar-refractivity contribution is -0.0992. The molecule has 3 rings (SSSR count). The first-order chi connectivity index (χ1) is 12.0. The smallest absolute Gasteiger partial charge is 0.255 e. The van der Waals surface area contributed by atoms with Crippen molar-refractivity contribution >= 4 is 17.5 Å². The number of benzene rings is 1. The van der Waals surface area contributed by atoms with Crippen LogP contribution in [0.2, 0.25) is 5.02 Å². The van der Waals surface area contributed by atoms with Gasteiger partial charge in [-0.05, 0) is 43.9 Å². The van der Waals surface area contributed by atoms with Gasteiger partial charge in [-0.1, -0.05) is 11.6 Å². The number of carbonyl (C=O) groups is 1. The number of aliphatic hydroxyl groups is 1. The minimum absolute atomic E-state index is 0.0162. The van der Waals surface area contributed by atoms with Crippen LogP contribution in [0.3, 0.4) is 0 Å². The quantitative estimate of drug-likeness (QED) is 0.864. The minimum Gasteiger partial charge on any atom is -0.394 e. The summed E-state index contributed by atoms with van der Waals surface area (Å²) in [5, 5.41) is 9.08. The van der Waals surface area contributed by atoms with E-state index in [1.807, 2.05) is 0 Å². The molecule has 1 aromatic carbocycles. The number of hydrogen-bond acceptors (Lipinski definition) is 4. The van der Waals surface area contributed by atoms with Gasteiger partial charge in [0.05, 0.1) is 41.5 Å². The van der Waals surface area contributed by atoms with Crippen molar-refractivity contribution in [2.45, 2.75) is 43.4 Å². The molecule has 2 fully saturated rings. The Morgan fingerprint density at radius 3 is 2.96 bits per heavy atom. The van der Waals surface area contributed by atoms with Crippen molar-refractivity contribution in [2.75, 3.05) is 26.9 Å². The molecule has 5 nitrogen and oxygen atoms in total. The van der Waals surface area contributed by atoms with Crippen molar-refractivity contribution in [1.82, 2.24) is 4.90 Å². The van der Waals surface area contributed by atoms with Crippen molar-refractivity contribution in [3.8, 4) is 0 Å². The molecule has 0 aromatic heterocycles. The van der Waals surface area contributed by atoms with Crippen LogP contribution in [0.5, 0.6) is 0 Å². The first kappa shape index (κ1) is 18.6. The fourth-order valence-electron chi connectivity index (χ4n) is 4.09. The van der Waals surface area contributed by atoms with Gasteiger partial charge in [0.15, 0.2) is 0 Å².